The van der Waals surface area contributed by atoms with E-state index in [0.29, 0.717) is 0 Å². The van der Waals surface area contributed by atoms with Crippen LogP contribution >= 0.6 is 0 Å². The van der Waals surface area contributed by atoms with Gasteiger partial charge in [-0.2, -0.15) is 0 Å². The van der Waals surface area contributed by atoms with E-state index in [2.05, 4.69) is 13.8 Å². The zero-order valence-corrected chi connectivity index (χ0v) is 5.59. The van der Waals surface area contributed by atoms with E-state index in [1.54, 1.807) is 0 Å². The molecule has 1 aliphatic rings. The number of aliphatic hydroxyl groups is 1. The van der Waals surface area contributed by atoms with Gasteiger partial charge in [0.2, 0.25) is 0 Å². The molecule has 0 radical (unpaired) electrons. The third-order valence-electron chi connectivity index (χ3n) is 2.26. The van der Waals surface area contributed by atoms with Crippen molar-refractivity contribution in [3.8, 4) is 0 Å². The summed E-state index contributed by atoms with van der Waals surface area (Å²) in [6, 6.07) is 0. The van der Waals surface area contributed by atoms with E-state index in [1.807, 2.05) is 0 Å². The monoisotopic (exact) mass is 114 g/mol. The van der Waals surface area contributed by atoms with E-state index in [4.69, 9.17) is 5.11 Å². The number of hydrogen-bond donors (Lipinski definition) is 1. The Labute approximate surface area is 50.7 Å². The minimum absolute atomic E-state index is 0.000000000000000222. The molecule has 1 N–H and O–H groups in total. The van der Waals surface area contributed by atoms with Crippen molar-refractivity contribution in [2.75, 3.05) is 0 Å². The van der Waals surface area contributed by atoms with Crippen molar-refractivity contribution in [3.05, 3.63) is 0 Å². The average molecular weight is 114 g/mol. The highest BCUT2D eigenvalue weighted by Crippen LogP contribution is 2.30. The van der Waals surface area contributed by atoms with E-state index in [-0.39, 0.29) is 6.10 Å². The third kappa shape index (κ3) is 1.03. The Hall–Kier alpha value is -0.0400. The third-order valence-corrected chi connectivity index (χ3v) is 2.26. The van der Waals surface area contributed by atoms with Crippen LogP contribution in [-0.4, -0.2) is 11.2 Å². The maximum atomic E-state index is 9.07. The summed E-state index contributed by atoms with van der Waals surface area (Å²) >= 11 is 0. The van der Waals surface area contributed by atoms with E-state index in [1.165, 1.54) is 0 Å². The fourth-order valence-electron chi connectivity index (χ4n) is 1.42. The first-order valence-corrected chi connectivity index (χ1v) is 3.38. The normalized spacial score (nSPS) is 47.6. The Morgan fingerprint density at radius 3 is 1.62 bits per heavy atom. The molecule has 8 heavy (non-hydrogen) atoms. The van der Waals surface area contributed by atoms with Crippen LogP contribution in [0.4, 0.5) is 0 Å². The zero-order valence-electron chi connectivity index (χ0n) is 5.59. The van der Waals surface area contributed by atoms with Gasteiger partial charge < -0.3 is 5.11 Å². The van der Waals surface area contributed by atoms with Gasteiger partial charge in [-0.15, -0.1) is 0 Å². The van der Waals surface area contributed by atoms with Gasteiger partial charge in [0.1, 0.15) is 0 Å². The van der Waals surface area contributed by atoms with Crippen molar-refractivity contribution in [1.82, 2.24) is 0 Å². The lowest BCUT2D eigenvalue weighted by Crippen LogP contribution is -1.97. The van der Waals surface area contributed by atoms with Crippen LogP contribution in [0.3, 0.4) is 0 Å². The van der Waals surface area contributed by atoms with E-state index in [0.717, 1.165) is 24.7 Å². The SMILES string of the molecule is C[C@@H]1CC(O)C[C@@H]1C. The average Bonchev–Trinajstić information content (AvgIpc) is 1.85. The Kier molecular flexibility index (Phi) is 1.57. The van der Waals surface area contributed by atoms with Crippen LogP contribution in [0.5, 0.6) is 0 Å². The molecule has 0 aromatic rings. The fraction of sp³-hybridized carbons (Fsp3) is 1.00. The highest BCUT2D eigenvalue weighted by molar-refractivity contribution is 4.76. The highest BCUT2D eigenvalue weighted by Gasteiger charge is 2.25. The van der Waals surface area contributed by atoms with Crippen molar-refractivity contribution in [2.45, 2.75) is 32.8 Å². The van der Waals surface area contributed by atoms with Gasteiger partial charge in [-0.3, -0.25) is 0 Å². The molecule has 1 rings (SSSR count). The second-order valence-electron chi connectivity index (χ2n) is 3.08. The summed E-state index contributed by atoms with van der Waals surface area (Å²) in [6.45, 7) is 4.42. The Morgan fingerprint density at radius 2 is 1.50 bits per heavy atom. The molecule has 0 heterocycles. The van der Waals surface area contributed by atoms with Gasteiger partial charge in [0.15, 0.2) is 0 Å². The van der Waals surface area contributed by atoms with Crippen molar-refractivity contribution >= 4 is 0 Å². The predicted octanol–water partition coefficient (Wildman–Crippen LogP) is 1.41. The van der Waals surface area contributed by atoms with Crippen LogP contribution in [0.1, 0.15) is 26.7 Å². The van der Waals surface area contributed by atoms with Crippen LogP contribution in [-0.2, 0) is 0 Å². The standard InChI is InChI=1S/C7H14O/c1-5-3-7(8)4-6(5)2/h5-8H,3-4H2,1-2H3/t5-,6+,7?. The quantitative estimate of drug-likeness (QED) is 0.505. The first kappa shape index (κ1) is 6.09. The summed E-state index contributed by atoms with van der Waals surface area (Å²) in [4.78, 5) is 0. The van der Waals surface area contributed by atoms with Gasteiger partial charge in [0.05, 0.1) is 6.10 Å². The lowest BCUT2D eigenvalue weighted by atomic mass is 10.0. The molecule has 0 saturated heterocycles. The molecule has 1 heteroatoms. The van der Waals surface area contributed by atoms with E-state index >= 15 is 0 Å². The molecule has 0 amide bonds. The summed E-state index contributed by atoms with van der Waals surface area (Å²) in [6.07, 6.45) is 2.03. The second kappa shape index (κ2) is 2.06. The fourth-order valence-corrected chi connectivity index (χ4v) is 1.42. The van der Waals surface area contributed by atoms with Gasteiger partial charge in [-0.1, -0.05) is 13.8 Å². The molecule has 1 saturated carbocycles. The first-order chi connectivity index (χ1) is 3.70. The summed E-state index contributed by atoms with van der Waals surface area (Å²) in [7, 11) is 0. The van der Waals surface area contributed by atoms with Crippen LogP contribution < -0.4 is 0 Å². The second-order valence-corrected chi connectivity index (χ2v) is 3.08. The number of rotatable bonds is 0. The van der Waals surface area contributed by atoms with Crippen LogP contribution in [0, 0.1) is 11.8 Å². The van der Waals surface area contributed by atoms with Gasteiger partial charge in [0, 0.05) is 0 Å². The predicted molar refractivity (Wildman–Crippen MR) is 33.6 cm³/mol. The number of hydrogen-bond acceptors (Lipinski definition) is 1. The molecule has 1 nitrogen and oxygen atoms in total. The highest BCUT2D eigenvalue weighted by atomic mass is 16.3. The molecule has 0 aromatic heterocycles. The van der Waals surface area contributed by atoms with Crippen molar-refractivity contribution in [3.63, 3.8) is 0 Å². The summed E-state index contributed by atoms with van der Waals surface area (Å²) in [5.74, 6) is 1.48. The smallest absolute Gasteiger partial charge is 0.0545 e. The van der Waals surface area contributed by atoms with E-state index in [9.17, 15) is 0 Å². The van der Waals surface area contributed by atoms with Gasteiger partial charge in [-0.05, 0) is 24.7 Å². The minimum atomic E-state index is -0.000000000000000222. The lowest BCUT2D eigenvalue weighted by Gasteiger charge is -2.04. The molecule has 1 unspecified atom stereocenters. The molecule has 0 spiro atoms. The van der Waals surface area contributed by atoms with Crippen LogP contribution in [0.2, 0.25) is 0 Å². The van der Waals surface area contributed by atoms with Gasteiger partial charge in [-0.25, -0.2) is 0 Å². The Balaban J connectivity index is 2.39. The van der Waals surface area contributed by atoms with Crippen molar-refractivity contribution in [2.24, 2.45) is 11.8 Å². The molecule has 1 fully saturated rings. The zero-order chi connectivity index (χ0) is 6.15. The maximum Gasteiger partial charge on any atom is 0.0545 e. The van der Waals surface area contributed by atoms with Gasteiger partial charge >= 0.3 is 0 Å². The molecule has 0 aromatic carbocycles. The first-order valence-electron chi connectivity index (χ1n) is 3.38. The number of aliphatic hydroxyl groups excluding tert-OH is 1. The van der Waals surface area contributed by atoms with Crippen molar-refractivity contribution in [1.29, 1.82) is 0 Å². The molecule has 0 bridgehead atoms. The molecule has 1 aliphatic carbocycles. The summed E-state index contributed by atoms with van der Waals surface area (Å²) in [5.41, 5.74) is 0. The molecular formula is C7H14O. The summed E-state index contributed by atoms with van der Waals surface area (Å²) in [5, 5.41) is 9.07. The van der Waals surface area contributed by atoms with Crippen LogP contribution in [0.15, 0.2) is 0 Å². The van der Waals surface area contributed by atoms with E-state index < -0.39 is 0 Å². The van der Waals surface area contributed by atoms with Crippen molar-refractivity contribution < 1.29 is 5.11 Å². The molecular weight excluding hydrogens is 100 g/mol. The minimum Gasteiger partial charge on any atom is -0.393 e. The molecule has 3 atom stereocenters. The topological polar surface area (TPSA) is 20.2 Å². The Morgan fingerprint density at radius 1 is 1.12 bits per heavy atom. The Bertz CT molecular complexity index is 70.5. The summed E-state index contributed by atoms with van der Waals surface area (Å²) < 4.78 is 0. The molecule has 48 valence electrons. The lowest BCUT2D eigenvalue weighted by molar-refractivity contribution is 0.176. The molecule has 0 aliphatic heterocycles. The maximum absolute atomic E-state index is 9.07. The van der Waals surface area contributed by atoms with Crippen LogP contribution in [0.25, 0.3) is 0 Å². The largest absolute Gasteiger partial charge is 0.393 e. The van der Waals surface area contributed by atoms with Gasteiger partial charge in [0.25, 0.3) is 0 Å².